The molecule has 0 amide bonds. The summed E-state index contributed by atoms with van der Waals surface area (Å²) >= 11 is 0. The molecule has 1 aromatic rings. The maximum atomic E-state index is 14.4. The molecule has 1 aromatic carbocycles. The van der Waals surface area contributed by atoms with Gasteiger partial charge in [0, 0.05) is 5.92 Å². The Bertz CT molecular complexity index is 597. The monoisotopic (exact) mass is 330 g/mol. The van der Waals surface area contributed by atoms with E-state index in [1.54, 1.807) is 6.07 Å². The van der Waals surface area contributed by atoms with E-state index in [2.05, 4.69) is 5.92 Å². The Labute approximate surface area is 145 Å². The van der Waals surface area contributed by atoms with Crippen molar-refractivity contribution in [2.75, 3.05) is 0 Å². The number of rotatable bonds is 3. The van der Waals surface area contributed by atoms with Crippen LogP contribution in [0, 0.1) is 41.7 Å². The molecule has 0 nitrogen and oxygen atoms in total. The van der Waals surface area contributed by atoms with Crippen molar-refractivity contribution in [2.24, 2.45) is 17.8 Å². The second-order valence-electron chi connectivity index (χ2n) is 7.69. The fraction of sp³-hybridized carbons (Fsp3) is 0.636. The zero-order chi connectivity index (χ0) is 17.1. The van der Waals surface area contributed by atoms with E-state index in [0.717, 1.165) is 37.5 Å². The van der Waals surface area contributed by atoms with Crippen molar-refractivity contribution < 1.29 is 8.78 Å². The summed E-state index contributed by atoms with van der Waals surface area (Å²) in [6.45, 7) is 1.86. The maximum absolute atomic E-state index is 14.4. The van der Waals surface area contributed by atoms with Gasteiger partial charge in [-0.3, -0.25) is 0 Å². The third kappa shape index (κ3) is 3.51. The summed E-state index contributed by atoms with van der Waals surface area (Å²) in [6, 6.07) is 3.58. The predicted molar refractivity (Wildman–Crippen MR) is 94.7 cm³/mol. The van der Waals surface area contributed by atoms with Gasteiger partial charge in [0.2, 0.25) is 0 Å². The van der Waals surface area contributed by atoms with E-state index in [4.69, 9.17) is 6.42 Å². The van der Waals surface area contributed by atoms with E-state index in [0.29, 0.717) is 23.5 Å². The molecule has 0 radical (unpaired) electrons. The van der Waals surface area contributed by atoms with E-state index in [-0.39, 0.29) is 5.92 Å². The zero-order valence-corrected chi connectivity index (χ0v) is 14.7. The molecule has 0 aliphatic heterocycles. The van der Waals surface area contributed by atoms with Crippen LogP contribution in [0.25, 0.3) is 0 Å². The van der Waals surface area contributed by atoms with Gasteiger partial charge in [0.1, 0.15) is 0 Å². The number of aryl methyl sites for hydroxylation is 1. The first-order chi connectivity index (χ1) is 11.6. The van der Waals surface area contributed by atoms with E-state index in [9.17, 15) is 8.78 Å². The Morgan fingerprint density at radius 1 is 0.917 bits per heavy atom. The molecule has 0 N–H and O–H groups in total. The topological polar surface area (TPSA) is 0 Å². The lowest BCUT2D eigenvalue weighted by Gasteiger charge is -2.37. The van der Waals surface area contributed by atoms with Crippen LogP contribution in [0.5, 0.6) is 0 Å². The summed E-state index contributed by atoms with van der Waals surface area (Å²) in [5, 5.41) is 0. The van der Waals surface area contributed by atoms with Crippen LogP contribution < -0.4 is 0 Å². The average molecular weight is 330 g/mol. The van der Waals surface area contributed by atoms with Crippen LogP contribution in [-0.4, -0.2) is 0 Å². The number of benzene rings is 1. The fourth-order valence-electron chi connectivity index (χ4n) is 4.85. The maximum Gasteiger partial charge on any atom is 0.162 e. The molecular weight excluding hydrogens is 302 g/mol. The van der Waals surface area contributed by atoms with Crippen LogP contribution in [0.3, 0.4) is 0 Å². The molecule has 2 saturated carbocycles. The Morgan fingerprint density at radius 3 is 2.04 bits per heavy atom. The Hall–Kier alpha value is -1.36. The minimum Gasteiger partial charge on any atom is -0.203 e. The summed E-state index contributed by atoms with van der Waals surface area (Å²) < 4.78 is 28.4. The molecule has 2 heteroatoms. The van der Waals surface area contributed by atoms with Crippen molar-refractivity contribution in [2.45, 2.75) is 70.6 Å². The molecule has 130 valence electrons. The second-order valence-corrected chi connectivity index (χ2v) is 7.69. The normalized spacial score (nSPS) is 30.8. The van der Waals surface area contributed by atoms with Crippen molar-refractivity contribution in [3.05, 3.63) is 34.9 Å². The first-order valence-corrected chi connectivity index (χ1v) is 9.56. The second kappa shape index (κ2) is 7.68. The number of halogens is 2. The Balaban J connectivity index is 1.60. The van der Waals surface area contributed by atoms with E-state index in [1.807, 2.05) is 13.0 Å². The molecule has 0 saturated heterocycles. The summed E-state index contributed by atoms with van der Waals surface area (Å²) in [7, 11) is 0. The minimum atomic E-state index is -0.635. The van der Waals surface area contributed by atoms with Crippen LogP contribution in [-0.2, 0) is 6.42 Å². The van der Waals surface area contributed by atoms with Crippen LogP contribution in [0.15, 0.2) is 12.1 Å². The molecule has 2 aliphatic carbocycles. The van der Waals surface area contributed by atoms with Crippen molar-refractivity contribution in [1.29, 1.82) is 0 Å². The SMILES string of the molecule is C#CC1CCC(C2CCC(c3ccc(CC)c(F)c3F)CC2)CC1. The first kappa shape index (κ1) is 17.5. The summed E-state index contributed by atoms with van der Waals surface area (Å²) in [4.78, 5) is 0. The highest BCUT2D eigenvalue weighted by Gasteiger charge is 2.32. The van der Waals surface area contributed by atoms with E-state index >= 15 is 0 Å². The lowest BCUT2D eigenvalue weighted by molar-refractivity contribution is 0.172. The highest BCUT2D eigenvalue weighted by molar-refractivity contribution is 5.29. The van der Waals surface area contributed by atoms with Crippen LogP contribution in [0.2, 0.25) is 0 Å². The lowest BCUT2D eigenvalue weighted by atomic mass is 9.68. The van der Waals surface area contributed by atoms with Gasteiger partial charge in [-0.2, -0.15) is 0 Å². The number of terminal acetylenes is 1. The van der Waals surface area contributed by atoms with Gasteiger partial charge >= 0.3 is 0 Å². The van der Waals surface area contributed by atoms with Gasteiger partial charge in [-0.25, -0.2) is 8.78 Å². The Kier molecular flexibility index (Phi) is 5.59. The standard InChI is InChI=1S/C22H28F2/c1-3-15-5-7-17(8-6-15)18-9-11-19(12-10-18)20-14-13-16(4-2)21(23)22(20)24/h1,13-15,17-19H,4-12H2,2H3. The molecule has 0 aromatic heterocycles. The third-order valence-electron chi connectivity index (χ3n) is 6.46. The zero-order valence-electron chi connectivity index (χ0n) is 14.7. The van der Waals surface area contributed by atoms with Gasteiger partial charge in [-0.1, -0.05) is 19.1 Å². The summed E-state index contributed by atoms with van der Waals surface area (Å²) in [6.07, 6.45) is 15.2. The third-order valence-corrected chi connectivity index (χ3v) is 6.46. The van der Waals surface area contributed by atoms with Crippen molar-refractivity contribution >= 4 is 0 Å². The smallest absolute Gasteiger partial charge is 0.162 e. The van der Waals surface area contributed by atoms with Crippen LogP contribution >= 0.6 is 0 Å². The van der Waals surface area contributed by atoms with E-state index < -0.39 is 11.6 Å². The molecule has 0 spiro atoms. The Morgan fingerprint density at radius 2 is 1.50 bits per heavy atom. The highest BCUT2D eigenvalue weighted by atomic mass is 19.2. The fourth-order valence-corrected chi connectivity index (χ4v) is 4.85. The van der Waals surface area contributed by atoms with Gasteiger partial charge in [0.05, 0.1) is 0 Å². The van der Waals surface area contributed by atoms with E-state index in [1.165, 1.54) is 25.7 Å². The molecule has 0 atom stereocenters. The molecule has 3 rings (SSSR count). The van der Waals surface area contributed by atoms with Crippen LogP contribution in [0.4, 0.5) is 8.78 Å². The van der Waals surface area contributed by atoms with Gasteiger partial charge in [-0.15, -0.1) is 12.3 Å². The van der Waals surface area contributed by atoms with Crippen LogP contribution in [0.1, 0.15) is 75.3 Å². The summed E-state index contributed by atoms with van der Waals surface area (Å²) in [5.41, 5.74) is 1.08. The summed E-state index contributed by atoms with van der Waals surface area (Å²) in [5.74, 6) is 3.87. The highest BCUT2D eigenvalue weighted by Crippen LogP contribution is 2.44. The molecule has 0 bridgehead atoms. The molecular formula is C22H28F2. The minimum absolute atomic E-state index is 0.184. The predicted octanol–water partition coefficient (Wildman–Crippen LogP) is 6.24. The first-order valence-electron chi connectivity index (χ1n) is 9.56. The molecule has 24 heavy (non-hydrogen) atoms. The number of hydrogen-bond acceptors (Lipinski definition) is 0. The molecule has 2 aliphatic rings. The van der Waals surface area contributed by atoms with Crippen molar-refractivity contribution in [1.82, 2.24) is 0 Å². The molecule has 0 heterocycles. The van der Waals surface area contributed by atoms with Crippen molar-refractivity contribution in [3.8, 4) is 12.3 Å². The van der Waals surface area contributed by atoms with Gasteiger partial charge in [0.15, 0.2) is 11.6 Å². The van der Waals surface area contributed by atoms with Gasteiger partial charge < -0.3 is 0 Å². The van der Waals surface area contributed by atoms with Gasteiger partial charge in [0.25, 0.3) is 0 Å². The number of hydrogen-bond donors (Lipinski definition) is 0. The van der Waals surface area contributed by atoms with Crippen molar-refractivity contribution in [3.63, 3.8) is 0 Å². The quantitative estimate of drug-likeness (QED) is 0.575. The average Bonchev–Trinajstić information content (AvgIpc) is 2.64. The lowest BCUT2D eigenvalue weighted by Crippen LogP contribution is -2.25. The molecule has 2 fully saturated rings. The molecule has 0 unspecified atom stereocenters. The van der Waals surface area contributed by atoms with Gasteiger partial charge in [-0.05, 0) is 86.7 Å². The largest absolute Gasteiger partial charge is 0.203 e.